The molecule has 1 rings (SSSR count). The van der Waals surface area contributed by atoms with Crippen LogP contribution in [0.2, 0.25) is 0 Å². The average Bonchev–Trinajstić information content (AvgIpc) is 2.20. The Hall–Kier alpha value is -0.810. The van der Waals surface area contributed by atoms with Gasteiger partial charge in [0.1, 0.15) is 0 Å². The summed E-state index contributed by atoms with van der Waals surface area (Å²) < 4.78 is 4.45. The van der Waals surface area contributed by atoms with Crippen LogP contribution < -0.4 is 5.32 Å². The standard InChI is InChI=1S/C9H17NO4/c1-14-9(13)10-8-6(5-11)3-2-4-7(8)12/h6-8,11-12H,2-5H2,1H3,(H,10,13)/t6-,7-,8+/m1/s1. The predicted molar refractivity (Wildman–Crippen MR) is 49.8 cm³/mol. The van der Waals surface area contributed by atoms with Gasteiger partial charge in [0.15, 0.2) is 0 Å². The summed E-state index contributed by atoms with van der Waals surface area (Å²) in [5.74, 6) is -0.0714. The summed E-state index contributed by atoms with van der Waals surface area (Å²) in [7, 11) is 1.28. The van der Waals surface area contributed by atoms with Crippen LogP contribution in [0.4, 0.5) is 4.79 Å². The summed E-state index contributed by atoms with van der Waals surface area (Å²) in [6.07, 6.45) is 1.22. The minimum absolute atomic E-state index is 0.0221. The molecule has 0 aliphatic heterocycles. The highest BCUT2D eigenvalue weighted by Crippen LogP contribution is 2.24. The van der Waals surface area contributed by atoms with Crippen LogP contribution in [0, 0.1) is 5.92 Å². The van der Waals surface area contributed by atoms with Crippen molar-refractivity contribution in [2.75, 3.05) is 13.7 Å². The number of carbonyl (C=O) groups is 1. The smallest absolute Gasteiger partial charge is 0.407 e. The maximum absolute atomic E-state index is 11.0. The third kappa shape index (κ3) is 2.59. The molecule has 14 heavy (non-hydrogen) atoms. The van der Waals surface area contributed by atoms with Crippen molar-refractivity contribution in [3.05, 3.63) is 0 Å². The molecule has 1 fully saturated rings. The van der Waals surface area contributed by atoms with Gasteiger partial charge in [-0.05, 0) is 12.8 Å². The molecule has 0 unspecified atom stereocenters. The fourth-order valence-corrected chi connectivity index (χ4v) is 1.88. The molecular weight excluding hydrogens is 186 g/mol. The van der Waals surface area contributed by atoms with E-state index >= 15 is 0 Å². The molecule has 0 saturated heterocycles. The molecule has 0 aromatic rings. The molecule has 1 amide bonds. The summed E-state index contributed by atoms with van der Waals surface area (Å²) >= 11 is 0. The summed E-state index contributed by atoms with van der Waals surface area (Å²) in [5, 5.41) is 21.2. The fraction of sp³-hybridized carbons (Fsp3) is 0.889. The highest BCUT2D eigenvalue weighted by molar-refractivity contribution is 5.67. The molecular formula is C9H17NO4. The van der Waals surface area contributed by atoms with E-state index in [2.05, 4.69) is 10.1 Å². The molecule has 0 radical (unpaired) electrons. The number of rotatable bonds is 2. The van der Waals surface area contributed by atoms with E-state index in [1.807, 2.05) is 0 Å². The Labute approximate surface area is 83.1 Å². The van der Waals surface area contributed by atoms with Crippen LogP contribution in [0.15, 0.2) is 0 Å². The maximum Gasteiger partial charge on any atom is 0.407 e. The highest BCUT2D eigenvalue weighted by atomic mass is 16.5. The van der Waals surface area contributed by atoms with Crippen LogP contribution in [0.25, 0.3) is 0 Å². The van der Waals surface area contributed by atoms with E-state index < -0.39 is 12.2 Å². The quantitative estimate of drug-likeness (QED) is 0.584. The lowest BCUT2D eigenvalue weighted by Crippen LogP contribution is -2.51. The zero-order valence-electron chi connectivity index (χ0n) is 8.27. The van der Waals surface area contributed by atoms with Crippen LogP contribution in [-0.4, -0.2) is 42.2 Å². The number of carbonyl (C=O) groups excluding carboxylic acids is 1. The Morgan fingerprint density at radius 3 is 2.86 bits per heavy atom. The number of hydrogen-bond donors (Lipinski definition) is 3. The van der Waals surface area contributed by atoms with Gasteiger partial charge in [-0.15, -0.1) is 0 Å². The van der Waals surface area contributed by atoms with Crippen LogP contribution in [0.5, 0.6) is 0 Å². The molecule has 0 spiro atoms. The van der Waals surface area contributed by atoms with Crippen molar-refractivity contribution in [3.8, 4) is 0 Å². The van der Waals surface area contributed by atoms with E-state index in [-0.39, 0.29) is 18.6 Å². The van der Waals surface area contributed by atoms with Crippen LogP contribution in [-0.2, 0) is 4.74 Å². The Morgan fingerprint density at radius 2 is 2.29 bits per heavy atom. The molecule has 5 nitrogen and oxygen atoms in total. The second-order valence-corrected chi connectivity index (χ2v) is 3.60. The van der Waals surface area contributed by atoms with Crippen molar-refractivity contribution in [2.24, 2.45) is 5.92 Å². The molecule has 82 valence electrons. The Kier molecular flexibility index (Phi) is 4.16. The Morgan fingerprint density at radius 1 is 1.57 bits per heavy atom. The van der Waals surface area contributed by atoms with Crippen LogP contribution >= 0.6 is 0 Å². The lowest BCUT2D eigenvalue weighted by atomic mass is 9.83. The number of aliphatic hydroxyl groups is 2. The molecule has 0 aromatic carbocycles. The first kappa shape index (κ1) is 11.3. The zero-order valence-corrected chi connectivity index (χ0v) is 8.27. The van der Waals surface area contributed by atoms with Crippen molar-refractivity contribution in [2.45, 2.75) is 31.4 Å². The fourth-order valence-electron chi connectivity index (χ4n) is 1.88. The van der Waals surface area contributed by atoms with Crippen LogP contribution in [0.3, 0.4) is 0 Å². The highest BCUT2D eigenvalue weighted by Gasteiger charge is 2.32. The van der Waals surface area contributed by atoms with Gasteiger partial charge in [0.25, 0.3) is 0 Å². The number of alkyl carbamates (subject to hydrolysis) is 1. The van der Waals surface area contributed by atoms with Gasteiger partial charge in [-0.3, -0.25) is 0 Å². The molecule has 1 aliphatic rings. The van der Waals surface area contributed by atoms with E-state index in [9.17, 15) is 9.90 Å². The summed E-state index contributed by atoms with van der Waals surface area (Å²) in [6, 6.07) is -0.388. The molecule has 5 heteroatoms. The van der Waals surface area contributed by atoms with Crippen LogP contribution in [0.1, 0.15) is 19.3 Å². The monoisotopic (exact) mass is 203 g/mol. The SMILES string of the molecule is COC(=O)N[C@H]1[C@@H](CO)CCC[C@H]1O. The topological polar surface area (TPSA) is 78.8 Å². The first-order chi connectivity index (χ1) is 6.69. The summed E-state index contributed by atoms with van der Waals surface area (Å²) in [6.45, 7) is -0.0221. The van der Waals surface area contributed by atoms with E-state index in [4.69, 9.17) is 5.11 Å². The minimum Gasteiger partial charge on any atom is -0.453 e. The number of hydrogen-bond acceptors (Lipinski definition) is 4. The first-order valence-electron chi connectivity index (χ1n) is 4.82. The lowest BCUT2D eigenvalue weighted by Gasteiger charge is -2.34. The van der Waals surface area contributed by atoms with Crippen molar-refractivity contribution < 1.29 is 19.7 Å². The predicted octanol–water partition coefficient (Wildman–Crippen LogP) is -0.136. The van der Waals surface area contributed by atoms with Gasteiger partial charge in [0.2, 0.25) is 0 Å². The van der Waals surface area contributed by atoms with Gasteiger partial charge in [0, 0.05) is 12.5 Å². The maximum atomic E-state index is 11.0. The van der Waals surface area contributed by atoms with E-state index in [0.29, 0.717) is 6.42 Å². The zero-order chi connectivity index (χ0) is 10.6. The van der Waals surface area contributed by atoms with Crippen molar-refractivity contribution in [1.82, 2.24) is 5.32 Å². The number of aliphatic hydroxyl groups excluding tert-OH is 2. The molecule has 3 N–H and O–H groups in total. The summed E-state index contributed by atoms with van der Waals surface area (Å²) in [4.78, 5) is 11.0. The van der Waals surface area contributed by atoms with Gasteiger partial charge in [-0.1, -0.05) is 6.42 Å². The van der Waals surface area contributed by atoms with Gasteiger partial charge < -0.3 is 20.3 Å². The van der Waals surface area contributed by atoms with Crippen molar-refractivity contribution in [3.63, 3.8) is 0 Å². The van der Waals surface area contributed by atoms with E-state index in [1.165, 1.54) is 7.11 Å². The normalized spacial score (nSPS) is 32.4. The molecule has 0 heterocycles. The third-order valence-corrected chi connectivity index (χ3v) is 2.70. The molecule has 0 aromatic heterocycles. The molecule has 1 saturated carbocycles. The first-order valence-corrected chi connectivity index (χ1v) is 4.82. The molecule has 1 aliphatic carbocycles. The number of methoxy groups -OCH3 is 1. The average molecular weight is 203 g/mol. The summed E-state index contributed by atoms with van der Waals surface area (Å²) in [5.41, 5.74) is 0. The second kappa shape index (κ2) is 5.17. The minimum atomic E-state index is -0.583. The van der Waals surface area contributed by atoms with Gasteiger partial charge >= 0.3 is 6.09 Å². The Bertz CT molecular complexity index is 197. The van der Waals surface area contributed by atoms with Crippen molar-refractivity contribution >= 4 is 6.09 Å². The largest absolute Gasteiger partial charge is 0.453 e. The van der Waals surface area contributed by atoms with Gasteiger partial charge in [-0.2, -0.15) is 0 Å². The number of amides is 1. The van der Waals surface area contributed by atoms with E-state index in [0.717, 1.165) is 12.8 Å². The number of nitrogens with one attached hydrogen (secondary N) is 1. The lowest BCUT2D eigenvalue weighted by molar-refractivity contribution is 0.0341. The van der Waals surface area contributed by atoms with E-state index in [1.54, 1.807) is 0 Å². The Balaban J connectivity index is 2.54. The van der Waals surface area contributed by atoms with Gasteiger partial charge in [-0.25, -0.2) is 4.79 Å². The molecule has 3 atom stereocenters. The second-order valence-electron chi connectivity index (χ2n) is 3.60. The molecule has 0 bridgehead atoms. The van der Waals surface area contributed by atoms with Crippen molar-refractivity contribution in [1.29, 1.82) is 0 Å². The number of ether oxygens (including phenoxy) is 1. The van der Waals surface area contributed by atoms with Gasteiger partial charge in [0.05, 0.1) is 19.3 Å². The third-order valence-electron chi connectivity index (χ3n) is 2.70.